The van der Waals surface area contributed by atoms with Gasteiger partial charge in [0, 0.05) is 48.7 Å². The fourth-order valence-corrected chi connectivity index (χ4v) is 4.26. The van der Waals surface area contributed by atoms with Crippen molar-refractivity contribution in [2.45, 2.75) is 19.9 Å². The second-order valence-corrected chi connectivity index (χ2v) is 8.21. The van der Waals surface area contributed by atoms with E-state index in [0.717, 1.165) is 47.4 Å². The average molecular weight is 465 g/mol. The molecule has 1 N–H and O–H groups in total. The summed E-state index contributed by atoms with van der Waals surface area (Å²) in [6, 6.07) is 8.14. The first-order valence-corrected chi connectivity index (χ1v) is 11.4. The van der Waals surface area contributed by atoms with Crippen LogP contribution < -0.4 is 10.2 Å². The first-order valence-electron chi connectivity index (χ1n) is 11.4. The minimum absolute atomic E-state index is 0.289. The molecule has 9 heteroatoms. The third-order valence-electron chi connectivity index (χ3n) is 6.13. The number of hydrogen-bond acceptors (Lipinski definition) is 6. The molecule has 4 aromatic rings. The molecule has 5 rings (SSSR count). The molecular weight excluding hydrogens is 440 g/mol. The number of nitrogens with one attached hydrogen (secondary N) is 1. The van der Waals surface area contributed by atoms with Crippen LogP contribution in [0.15, 0.2) is 67.9 Å². The highest BCUT2D eigenvalue weighted by molar-refractivity contribution is 5.98. The van der Waals surface area contributed by atoms with E-state index < -0.39 is 0 Å². The molecule has 0 aliphatic carbocycles. The Balaban J connectivity index is 1.45. The number of fused-ring (bicyclic) bond motifs is 1. The Morgan fingerprint density at radius 2 is 2.11 bits per heavy atom. The summed E-state index contributed by atoms with van der Waals surface area (Å²) in [5.41, 5.74) is 6.56. The lowest BCUT2D eigenvalue weighted by Crippen LogP contribution is -2.28. The fourth-order valence-electron chi connectivity index (χ4n) is 4.26. The van der Waals surface area contributed by atoms with Gasteiger partial charge in [-0.25, -0.2) is 9.50 Å². The summed E-state index contributed by atoms with van der Waals surface area (Å²) in [4.78, 5) is 18.0. The van der Waals surface area contributed by atoms with Gasteiger partial charge >= 0.3 is 0 Å². The van der Waals surface area contributed by atoms with Crippen LogP contribution in [0.3, 0.4) is 0 Å². The average Bonchev–Trinajstić information content (AvgIpc) is 3.56. The molecule has 0 saturated heterocycles. The molecule has 0 bridgehead atoms. The van der Waals surface area contributed by atoms with Crippen molar-refractivity contribution in [2.75, 3.05) is 23.3 Å². The highest BCUT2D eigenvalue weighted by Crippen LogP contribution is 2.33. The number of hydrogen-bond donors (Lipinski definition) is 1. The molecule has 0 radical (unpaired) electrons. The molecule has 1 amide bonds. The van der Waals surface area contributed by atoms with Crippen molar-refractivity contribution in [2.24, 2.45) is 0 Å². The van der Waals surface area contributed by atoms with E-state index in [4.69, 9.17) is 0 Å². The van der Waals surface area contributed by atoms with Gasteiger partial charge in [0.1, 0.15) is 11.9 Å². The summed E-state index contributed by atoms with van der Waals surface area (Å²) >= 11 is 0. The third kappa shape index (κ3) is 4.29. The molecule has 9 nitrogen and oxygen atoms in total. The van der Waals surface area contributed by atoms with Gasteiger partial charge in [-0.15, -0.1) is 0 Å². The quantitative estimate of drug-likeness (QED) is 0.434. The standard InChI is InChI=1S/C26H24N8O/c1-3-25(35)31-24-6-5-22(15-28-24)32-9-7-18(8-10-32)23-11-19(21-14-29-33(4-2)16-21)17-34-26(23)20(12-27)13-30-34/h3,5-7,11,13-17H,1,4,8-10H2,2H3,(H,28,31,35). The van der Waals surface area contributed by atoms with Crippen LogP contribution in [0, 0.1) is 11.3 Å². The Bertz CT molecular complexity index is 1490. The number of aromatic nitrogens is 5. The molecule has 0 spiro atoms. The van der Waals surface area contributed by atoms with Gasteiger partial charge in [0.15, 0.2) is 0 Å². The molecule has 35 heavy (non-hydrogen) atoms. The lowest BCUT2D eigenvalue weighted by atomic mass is 9.95. The van der Waals surface area contributed by atoms with Crippen LogP contribution in [0.5, 0.6) is 0 Å². The zero-order chi connectivity index (χ0) is 24.4. The van der Waals surface area contributed by atoms with E-state index >= 15 is 0 Å². The Morgan fingerprint density at radius 1 is 1.23 bits per heavy atom. The van der Waals surface area contributed by atoms with Crippen LogP contribution in [0.25, 0.3) is 22.2 Å². The molecule has 5 heterocycles. The maximum absolute atomic E-state index is 11.5. The van der Waals surface area contributed by atoms with Crippen LogP contribution in [-0.2, 0) is 11.3 Å². The van der Waals surface area contributed by atoms with Gasteiger partial charge in [-0.05, 0) is 43.2 Å². The fraction of sp³-hybridized carbons (Fsp3) is 0.192. The SMILES string of the molecule is C=CC(=O)Nc1ccc(N2CC=C(c3cc(-c4cnn(CC)c4)cn4ncc(C#N)c34)CC2)cn1. The number of aryl methyl sites for hydroxylation is 1. The molecule has 0 atom stereocenters. The number of amides is 1. The Kier molecular flexibility index (Phi) is 5.85. The minimum atomic E-state index is -0.289. The number of pyridine rings is 2. The normalized spacial score (nSPS) is 13.4. The molecule has 174 valence electrons. The van der Waals surface area contributed by atoms with Gasteiger partial charge < -0.3 is 10.2 Å². The monoisotopic (exact) mass is 464 g/mol. The molecular formula is C26H24N8O. The molecule has 1 aliphatic heterocycles. The number of carbonyl (C=O) groups is 1. The highest BCUT2D eigenvalue weighted by Gasteiger charge is 2.20. The van der Waals surface area contributed by atoms with Crippen LogP contribution in [0.1, 0.15) is 24.5 Å². The summed E-state index contributed by atoms with van der Waals surface area (Å²) < 4.78 is 3.68. The van der Waals surface area contributed by atoms with E-state index in [9.17, 15) is 10.1 Å². The van der Waals surface area contributed by atoms with Crippen molar-refractivity contribution in [1.82, 2.24) is 24.4 Å². The van der Waals surface area contributed by atoms with E-state index in [-0.39, 0.29) is 5.91 Å². The summed E-state index contributed by atoms with van der Waals surface area (Å²) in [5, 5.41) is 21.2. The number of anilines is 2. The second kappa shape index (κ2) is 9.27. The van der Waals surface area contributed by atoms with E-state index in [1.807, 2.05) is 29.3 Å². The zero-order valence-corrected chi connectivity index (χ0v) is 19.3. The zero-order valence-electron chi connectivity index (χ0n) is 19.3. The van der Waals surface area contributed by atoms with Crippen molar-refractivity contribution in [3.8, 4) is 17.2 Å². The van der Waals surface area contributed by atoms with Gasteiger partial charge in [0.25, 0.3) is 0 Å². The molecule has 0 aromatic carbocycles. The van der Waals surface area contributed by atoms with Crippen molar-refractivity contribution in [1.29, 1.82) is 5.26 Å². The van der Waals surface area contributed by atoms with Crippen molar-refractivity contribution in [3.05, 3.63) is 79.0 Å². The maximum atomic E-state index is 11.5. The summed E-state index contributed by atoms with van der Waals surface area (Å²) in [7, 11) is 0. The van der Waals surface area contributed by atoms with Crippen molar-refractivity contribution >= 4 is 28.5 Å². The smallest absolute Gasteiger partial charge is 0.248 e. The Hall–Kier alpha value is -4.71. The first kappa shape index (κ1) is 22.1. The lowest BCUT2D eigenvalue weighted by Gasteiger charge is -2.28. The van der Waals surface area contributed by atoms with E-state index in [1.54, 1.807) is 23.0 Å². The molecule has 1 aliphatic rings. The van der Waals surface area contributed by atoms with E-state index in [2.05, 4.69) is 57.1 Å². The molecule has 0 unspecified atom stereocenters. The van der Waals surface area contributed by atoms with Crippen LogP contribution in [-0.4, -0.2) is 43.4 Å². The number of carbonyl (C=O) groups excluding carboxylic acids is 1. The van der Waals surface area contributed by atoms with Gasteiger partial charge in [-0.3, -0.25) is 9.48 Å². The van der Waals surface area contributed by atoms with Crippen LogP contribution in [0.4, 0.5) is 11.5 Å². The number of nitriles is 1. The van der Waals surface area contributed by atoms with E-state index in [0.29, 0.717) is 17.9 Å². The number of rotatable bonds is 6. The molecule has 0 saturated carbocycles. The van der Waals surface area contributed by atoms with Gasteiger partial charge in [-0.2, -0.15) is 15.5 Å². The summed E-state index contributed by atoms with van der Waals surface area (Å²) in [5.74, 6) is 0.199. The second-order valence-electron chi connectivity index (χ2n) is 8.21. The van der Waals surface area contributed by atoms with Gasteiger partial charge in [0.2, 0.25) is 5.91 Å². The molecule has 4 aromatic heterocycles. The summed E-state index contributed by atoms with van der Waals surface area (Å²) in [6.07, 6.45) is 13.4. The lowest BCUT2D eigenvalue weighted by molar-refractivity contribution is -0.111. The number of nitrogens with zero attached hydrogens (tertiary/aromatic N) is 7. The van der Waals surface area contributed by atoms with E-state index in [1.165, 1.54) is 11.6 Å². The van der Waals surface area contributed by atoms with Crippen molar-refractivity contribution in [3.63, 3.8) is 0 Å². The molecule has 0 fully saturated rings. The summed E-state index contributed by atoms with van der Waals surface area (Å²) in [6.45, 7) is 7.80. The predicted molar refractivity (Wildman–Crippen MR) is 135 cm³/mol. The topological polar surface area (TPSA) is 104 Å². The van der Waals surface area contributed by atoms with Crippen LogP contribution in [0.2, 0.25) is 0 Å². The van der Waals surface area contributed by atoms with Gasteiger partial charge in [0.05, 0.1) is 35.4 Å². The van der Waals surface area contributed by atoms with Gasteiger partial charge in [-0.1, -0.05) is 12.7 Å². The largest absolute Gasteiger partial charge is 0.366 e. The minimum Gasteiger partial charge on any atom is -0.366 e. The van der Waals surface area contributed by atoms with Crippen molar-refractivity contribution < 1.29 is 4.79 Å². The Morgan fingerprint density at radius 3 is 2.77 bits per heavy atom. The highest BCUT2D eigenvalue weighted by atomic mass is 16.1. The predicted octanol–water partition coefficient (Wildman–Crippen LogP) is 3.90. The maximum Gasteiger partial charge on any atom is 0.248 e. The first-order chi connectivity index (χ1) is 17.1. The Labute approximate surface area is 202 Å². The third-order valence-corrected chi connectivity index (χ3v) is 6.13. The van der Waals surface area contributed by atoms with Crippen LogP contribution >= 0.6 is 0 Å².